The average molecular weight is 1160 g/mol. The van der Waals surface area contributed by atoms with Gasteiger partial charge in [0.25, 0.3) is 0 Å². The molecule has 0 unspecified atom stereocenters. The summed E-state index contributed by atoms with van der Waals surface area (Å²) in [5.74, 6) is 1.67. The molecule has 0 amide bonds. The fourth-order valence-corrected chi connectivity index (χ4v) is 11.3. The van der Waals surface area contributed by atoms with Crippen LogP contribution >= 0.6 is 0 Å². The summed E-state index contributed by atoms with van der Waals surface area (Å²) in [6.07, 6.45) is 63.4. The molecular formula is C77H126O7. The second-order valence-corrected chi connectivity index (χ2v) is 24.9. The number of hydrogen-bond donors (Lipinski definition) is 0. The van der Waals surface area contributed by atoms with Crippen LogP contribution in [0.5, 0.6) is 28.7 Å². The van der Waals surface area contributed by atoms with Crippen molar-refractivity contribution in [3.05, 3.63) is 78.4 Å². The number of benzene rings is 3. The van der Waals surface area contributed by atoms with Crippen LogP contribution in [0.3, 0.4) is 0 Å². The zero-order valence-electron chi connectivity index (χ0n) is 54.9. The van der Waals surface area contributed by atoms with E-state index < -0.39 is 11.9 Å². The molecule has 0 saturated carbocycles. The van der Waals surface area contributed by atoms with E-state index in [1.54, 1.807) is 43.3 Å². The molecule has 0 spiro atoms. The second-order valence-electron chi connectivity index (χ2n) is 24.9. The van der Waals surface area contributed by atoms with E-state index in [-0.39, 0.29) is 0 Å². The summed E-state index contributed by atoms with van der Waals surface area (Å²) in [4.78, 5) is 26.2. The number of ether oxygens (including phenoxy) is 5. The van der Waals surface area contributed by atoms with E-state index in [1.807, 2.05) is 24.3 Å². The molecule has 0 radical (unpaired) electrons. The number of unbranched alkanes of at least 4 members (excludes halogenated alkanes) is 45. The third kappa shape index (κ3) is 38.7. The fourth-order valence-electron chi connectivity index (χ4n) is 11.3. The predicted molar refractivity (Wildman–Crippen MR) is 359 cm³/mol. The Morgan fingerprint density at radius 2 is 0.560 bits per heavy atom. The van der Waals surface area contributed by atoms with Gasteiger partial charge in [0.2, 0.25) is 5.75 Å². The summed E-state index contributed by atoms with van der Waals surface area (Å²) in [7, 11) is 0. The second kappa shape index (κ2) is 53.0. The van der Waals surface area contributed by atoms with E-state index in [0.29, 0.717) is 59.7 Å². The van der Waals surface area contributed by atoms with E-state index in [4.69, 9.17) is 23.7 Å². The van der Waals surface area contributed by atoms with Gasteiger partial charge in [-0.05, 0) is 73.7 Å². The Morgan fingerprint density at radius 3 is 0.821 bits per heavy atom. The van der Waals surface area contributed by atoms with E-state index in [9.17, 15) is 9.59 Å². The molecule has 0 aliphatic rings. The van der Waals surface area contributed by atoms with Crippen molar-refractivity contribution in [3.63, 3.8) is 0 Å². The maximum absolute atomic E-state index is 14.1. The first-order chi connectivity index (χ1) is 41.4. The van der Waals surface area contributed by atoms with Crippen molar-refractivity contribution in [2.24, 2.45) is 0 Å². The van der Waals surface area contributed by atoms with Crippen LogP contribution in [-0.2, 0) is 4.79 Å². The first-order valence-corrected chi connectivity index (χ1v) is 35.7. The van der Waals surface area contributed by atoms with E-state index in [1.165, 1.54) is 270 Å². The van der Waals surface area contributed by atoms with Crippen molar-refractivity contribution in [2.45, 2.75) is 336 Å². The molecule has 3 aromatic carbocycles. The maximum atomic E-state index is 14.1. The van der Waals surface area contributed by atoms with Gasteiger partial charge < -0.3 is 23.7 Å². The molecule has 3 rings (SSSR count). The molecule has 84 heavy (non-hydrogen) atoms. The van der Waals surface area contributed by atoms with Crippen LogP contribution in [0, 0.1) is 0 Å². The lowest BCUT2D eigenvalue weighted by molar-refractivity contribution is -0.130. The highest BCUT2D eigenvalue weighted by Crippen LogP contribution is 2.40. The molecule has 0 N–H and O–H groups in total. The Kier molecular flexibility index (Phi) is 46.7. The Bertz CT molecular complexity index is 1960. The van der Waals surface area contributed by atoms with Gasteiger partial charge in [-0.2, -0.15) is 0 Å². The highest BCUT2D eigenvalue weighted by Gasteiger charge is 2.21. The van der Waals surface area contributed by atoms with Crippen molar-refractivity contribution in [1.82, 2.24) is 0 Å². The van der Waals surface area contributed by atoms with Gasteiger partial charge in [0.1, 0.15) is 11.5 Å². The summed E-state index contributed by atoms with van der Waals surface area (Å²) in [6.45, 7) is 13.8. The summed E-state index contributed by atoms with van der Waals surface area (Å²) in [5.41, 5.74) is 2.60. The van der Waals surface area contributed by atoms with Crippen molar-refractivity contribution < 1.29 is 33.3 Å². The molecule has 0 heterocycles. The Hall–Kier alpha value is -4.26. The van der Waals surface area contributed by atoms with Gasteiger partial charge in [-0.25, -0.2) is 9.59 Å². The molecular weight excluding hydrogens is 1040 g/mol. The smallest absolute Gasteiger partial charge is 0.343 e. The summed E-state index contributed by atoms with van der Waals surface area (Å²) in [5, 5.41) is 0. The third-order valence-electron chi connectivity index (χ3n) is 16.8. The minimum Gasteiger partial charge on any atom is -0.490 e. The molecule has 0 atom stereocenters. The Balaban J connectivity index is 1.61. The number of rotatable bonds is 59. The third-order valence-corrected chi connectivity index (χ3v) is 16.8. The molecule has 0 fully saturated rings. The Morgan fingerprint density at radius 1 is 0.321 bits per heavy atom. The van der Waals surface area contributed by atoms with Gasteiger partial charge in [0.15, 0.2) is 11.5 Å². The number of carbonyl (C=O) groups is 2. The summed E-state index contributed by atoms with van der Waals surface area (Å²) < 4.78 is 31.3. The van der Waals surface area contributed by atoms with Crippen LogP contribution in [-0.4, -0.2) is 31.8 Å². The number of carbonyl (C=O) groups excluding carboxylic acids is 2. The average Bonchev–Trinajstić information content (AvgIpc) is 3.70. The Labute approximate surface area is 516 Å². The van der Waals surface area contributed by atoms with Crippen molar-refractivity contribution in [2.75, 3.05) is 19.8 Å². The van der Waals surface area contributed by atoms with E-state index in [2.05, 4.69) is 27.4 Å². The van der Waals surface area contributed by atoms with Gasteiger partial charge >= 0.3 is 11.9 Å². The highest BCUT2D eigenvalue weighted by molar-refractivity contribution is 5.93. The number of hydrogen-bond acceptors (Lipinski definition) is 7. The lowest BCUT2D eigenvalue weighted by Crippen LogP contribution is -2.12. The van der Waals surface area contributed by atoms with Gasteiger partial charge in [0.05, 0.1) is 25.4 Å². The minimum atomic E-state index is -0.477. The molecule has 0 saturated heterocycles. The molecule has 0 aliphatic heterocycles. The largest absolute Gasteiger partial charge is 0.490 e. The monoisotopic (exact) mass is 1160 g/mol. The van der Waals surface area contributed by atoms with Crippen molar-refractivity contribution >= 4 is 11.9 Å². The van der Waals surface area contributed by atoms with Crippen LogP contribution in [0.25, 0.3) is 11.1 Å². The zero-order valence-corrected chi connectivity index (χ0v) is 54.9. The molecule has 7 nitrogen and oxygen atoms in total. The van der Waals surface area contributed by atoms with Gasteiger partial charge in [0, 0.05) is 5.57 Å². The maximum Gasteiger partial charge on any atom is 0.343 e. The molecule has 3 aromatic rings. The normalized spacial score (nSPS) is 11.3. The topological polar surface area (TPSA) is 80.3 Å². The summed E-state index contributed by atoms with van der Waals surface area (Å²) in [6, 6.07) is 18.4. The van der Waals surface area contributed by atoms with Crippen LogP contribution in [0.4, 0.5) is 0 Å². The van der Waals surface area contributed by atoms with Crippen LogP contribution < -0.4 is 23.7 Å². The first kappa shape index (κ1) is 74.0. The van der Waals surface area contributed by atoms with Crippen LogP contribution in [0.1, 0.15) is 346 Å². The quantitative estimate of drug-likeness (QED) is 0.0241. The SMILES string of the molecule is C=C(C)C(=O)Oc1ccc(-c2ccc(OC(=O)c3cc(OCCCCCCCCCCCCCCCCCC)c(OCCCCCCCCCCCCCCCCCC)c(OCCCCCCCCCCCCCCCCCC)c3)cc2)cc1. The first-order valence-electron chi connectivity index (χ1n) is 35.7. The van der Waals surface area contributed by atoms with Crippen molar-refractivity contribution in [3.8, 4) is 39.9 Å². The highest BCUT2D eigenvalue weighted by atomic mass is 16.5. The van der Waals surface area contributed by atoms with Gasteiger partial charge in [-0.3, -0.25) is 0 Å². The molecule has 0 bridgehead atoms. The van der Waals surface area contributed by atoms with Crippen molar-refractivity contribution in [1.29, 1.82) is 0 Å². The van der Waals surface area contributed by atoms with Crippen LogP contribution in [0.2, 0.25) is 0 Å². The molecule has 476 valence electrons. The van der Waals surface area contributed by atoms with Gasteiger partial charge in [-0.15, -0.1) is 0 Å². The minimum absolute atomic E-state index is 0.345. The van der Waals surface area contributed by atoms with Crippen LogP contribution in [0.15, 0.2) is 72.8 Å². The predicted octanol–water partition coefficient (Wildman–Crippen LogP) is 25.0. The molecule has 0 aromatic heterocycles. The molecule has 7 heteroatoms. The zero-order chi connectivity index (χ0) is 60.0. The van der Waals surface area contributed by atoms with E-state index >= 15 is 0 Å². The number of esters is 2. The van der Waals surface area contributed by atoms with E-state index in [0.717, 1.165) is 49.7 Å². The fraction of sp³-hybridized carbons (Fsp3) is 0.714. The summed E-state index contributed by atoms with van der Waals surface area (Å²) >= 11 is 0. The standard InChI is InChI=1S/C77H126O7/c1-6-9-12-15-18-21-24-27-30-33-36-39-42-45-48-51-62-80-73-65-70(77(79)84-72-60-56-69(57-61-72)68-54-58-71(59-55-68)83-76(78)67(4)5)66-74(81-63-52-49-46-43-40-37-34-31-28-25-22-19-16-13-10-7-2)75(73)82-64-53-50-47-44-41-38-35-32-29-26-23-20-17-14-11-8-3/h54-61,65-66H,4,6-53,62-64H2,1-3,5H3. The lowest BCUT2D eigenvalue weighted by Gasteiger charge is -2.19. The van der Waals surface area contributed by atoms with Gasteiger partial charge in [-0.1, -0.05) is 341 Å². The molecule has 0 aliphatic carbocycles. The lowest BCUT2D eigenvalue weighted by atomic mass is 10.0.